The van der Waals surface area contributed by atoms with Crippen LogP contribution in [0, 0.1) is 0 Å². The molecule has 1 unspecified atom stereocenters. The lowest BCUT2D eigenvalue weighted by atomic mass is 10.1. The van der Waals surface area contributed by atoms with Gasteiger partial charge in [0.05, 0.1) is 6.04 Å². The van der Waals surface area contributed by atoms with Crippen LogP contribution < -0.4 is 10.1 Å². The number of benzene rings is 1. The molecule has 0 spiro atoms. The number of nitrogens with one attached hydrogen (secondary N) is 1. The lowest BCUT2D eigenvalue weighted by Crippen LogP contribution is -2.25. The Bertz CT molecular complexity index is 462. The minimum absolute atomic E-state index is 0.248. The minimum Gasteiger partial charge on any atom is -0.406 e. The molecular formula is C11H11F3N2O2. The van der Waals surface area contributed by atoms with Gasteiger partial charge in [-0.15, -0.1) is 13.2 Å². The molecule has 7 heteroatoms. The van der Waals surface area contributed by atoms with Crippen LogP contribution in [0.15, 0.2) is 24.3 Å². The molecule has 1 heterocycles. The zero-order valence-corrected chi connectivity index (χ0v) is 9.49. The highest BCUT2D eigenvalue weighted by Crippen LogP contribution is 2.28. The van der Waals surface area contributed by atoms with Crippen LogP contribution in [0.1, 0.15) is 11.6 Å². The van der Waals surface area contributed by atoms with E-state index in [0.717, 1.165) is 0 Å². The summed E-state index contributed by atoms with van der Waals surface area (Å²) in [7, 11) is 1.59. The Kier molecular flexibility index (Phi) is 3.06. The highest BCUT2D eigenvalue weighted by atomic mass is 19.4. The van der Waals surface area contributed by atoms with Crippen molar-refractivity contribution in [1.29, 1.82) is 0 Å². The molecule has 0 radical (unpaired) electrons. The van der Waals surface area contributed by atoms with Crippen LogP contribution in [0.4, 0.5) is 18.0 Å². The zero-order valence-electron chi connectivity index (χ0n) is 9.49. The van der Waals surface area contributed by atoms with Crippen molar-refractivity contribution >= 4 is 6.03 Å². The van der Waals surface area contributed by atoms with E-state index in [4.69, 9.17) is 0 Å². The van der Waals surface area contributed by atoms with Gasteiger partial charge in [0.15, 0.2) is 0 Å². The third kappa shape index (κ3) is 2.66. The minimum atomic E-state index is -4.71. The summed E-state index contributed by atoms with van der Waals surface area (Å²) in [4.78, 5) is 12.7. The lowest BCUT2D eigenvalue weighted by Gasteiger charge is -2.19. The summed E-state index contributed by atoms with van der Waals surface area (Å²) in [6.07, 6.45) is -4.71. The monoisotopic (exact) mass is 260 g/mol. The van der Waals surface area contributed by atoms with E-state index in [-0.39, 0.29) is 17.8 Å². The largest absolute Gasteiger partial charge is 0.573 e. The first-order chi connectivity index (χ1) is 8.37. The molecule has 2 amide bonds. The van der Waals surface area contributed by atoms with Crippen LogP contribution in [0.2, 0.25) is 0 Å². The van der Waals surface area contributed by atoms with Gasteiger partial charge in [0.1, 0.15) is 5.75 Å². The van der Waals surface area contributed by atoms with E-state index in [2.05, 4.69) is 10.1 Å². The van der Waals surface area contributed by atoms with Crippen LogP contribution in [-0.2, 0) is 0 Å². The molecule has 18 heavy (non-hydrogen) atoms. The lowest BCUT2D eigenvalue weighted by molar-refractivity contribution is -0.274. The number of ether oxygens (including phenoxy) is 1. The Morgan fingerprint density at radius 1 is 1.44 bits per heavy atom. The fraction of sp³-hybridized carbons (Fsp3) is 0.364. The molecule has 1 aromatic rings. The predicted molar refractivity (Wildman–Crippen MR) is 57.0 cm³/mol. The van der Waals surface area contributed by atoms with Crippen LogP contribution in [0.5, 0.6) is 5.75 Å². The van der Waals surface area contributed by atoms with Crippen LogP contribution in [0.3, 0.4) is 0 Å². The van der Waals surface area contributed by atoms with Crippen LogP contribution in [-0.4, -0.2) is 30.9 Å². The number of carbonyl (C=O) groups excluding carboxylic acids is 1. The van der Waals surface area contributed by atoms with Gasteiger partial charge in [-0.25, -0.2) is 4.79 Å². The van der Waals surface area contributed by atoms with Crippen molar-refractivity contribution in [3.05, 3.63) is 29.8 Å². The Labute approximate surface area is 101 Å². The van der Waals surface area contributed by atoms with Gasteiger partial charge < -0.3 is 15.0 Å². The number of likely N-dealkylation sites (N-methyl/N-ethyl adjacent to an activating group) is 1. The summed E-state index contributed by atoms with van der Waals surface area (Å²) in [6, 6.07) is 5.10. The molecule has 1 aliphatic heterocycles. The molecule has 1 atom stereocenters. The predicted octanol–water partition coefficient (Wildman–Crippen LogP) is 2.28. The van der Waals surface area contributed by atoms with Gasteiger partial charge in [-0.05, 0) is 17.7 Å². The summed E-state index contributed by atoms with van der Waals surface area (Å²) in [6.45, 7) is 0.366. The standard InChI is InChI=1S/C11H11F3N2O2/c1-16-9(6-15-10(16)17)7-3-2-4-8(5-7)18-11(12,13)14/h2-5,9H,6H2,1H3,(H,15,17). The van der Waals surface area contributed by atoms with E-state index < -0.39 is 6.36 Å². The van der Waals surface area contributed by atoms with E-state index in [1.165, 1.54) is 23.1 Å². The van der Waals surface area contributed by atoms with Crippen molar-refractivity contribution in [3.63, 3.8) is 0 Å². The Morgan fingerprint density at radius 2 is 2.17 bits per heavy atom. The summed E-state index contributed by atoms with van der Waals surface area (Å²) in [5.74, 6) is -0.284. The van der Waals surface area contributed by atoms with Crippen molar-refractivity contribution in [3.8, 4) is 5.75 Å². The number of urea groups is 1. The SMILES string of the molecule is CN1C(=O)NCC1c1cccc(OC(F)(F)F)c1. The maximum absolute atomic E-state index is 12.1. The number of carbonyl (C=O) groups is 1. The summed E-state index contributed by atoms with van der Waals surface area (Å²) < 4.78 is 40.1. The van der Waals surface area contributed by atoms with Gasteiger partial charge in [0, 0.05) is 13.6 Å². The molecule has 1 saturated heterocycles. The number of hydrogen-bond donors (Lipinski definition) is 1. The average Bonchev–Trinajstić information content (AvgIpc) is 2.58. The van der Waals surface area contributed by atoms with E-state index >= 15 is 0 Å². The third-order valence-electron chi connectivity index (χ3n) is 2.71. The summed E-state index contributed by atoms with van der Waals surface area (Å²) in [5, 5.41) is 2.61. The maximum Gasteiger partial charge on any atom is 0.573 e. The second kappa shape index (κ2) is 4.40. The van der Waals surface area contributed by atoms with Gasteiger partial charge >= 0.3 is 12.4 Å². The average molecular weight is 260 g/mol. The van der Waals surface area contributed by atoms with Crippen molar-refractivity contribution in [2.24, 2.45) is 0 Å². The second-order valence-corrected chi connectivity index (χ2v) is 3.93. The smallest absolute Gasteiger partial charge is 0.406 e. The molecule has 1 fully saturated rings. The third-order valence-corrected chi connectivity index (χ3v) is 2.71. The quantitative estimate of drug-likeness (QED) is 0.886. The number of nitrogens with zero attached hydrogens (tertiary/aromatic N) is 1. The van der Waals surface area contributed by atoms with Crippen LogP contribution >= 0.6 is 0 Å². The maximum atomic E-state index is 12.1. The number of hydrogen-bond acceptors (Lipinski definition) is 2. The molecular weight excluding hydrogens is 249 g/mol. The highest BCUT2D eigenvalue weighted by molar-refractivity contribution is 5.76. The number of halogens is 3. The van der Waals surface area contributed by atoms with E-state index in [1.807, 2.05) is 0 Å². The van der Waals surface area contributed by atoms with Gasteiger partial charge in [0.25, 0.3) is 0 Å². The summed E-state index contributed by atoms with van der Waals surface area (Å²) in [5.41, 5.74) is 0.595. The van der Waals surface area contributed by atoms with Crippen molar-refractivity contribution in [1.82, 2.24) is 10.2 Å². The van der Waals surface area contributed by atoms with Crippen LogP contribution in [0.25, 0.3) is 0 Å². The molecule has 0 bridgehead atoms. The first-order valence-corrected chi connectivity index (χ1v) is 5.23. The number of rotatable bonds is 2. The van der Waals surface area contributed by atoms with E-state index in [1.54, 1.807) is 13.1 Å². The normalized spacial score (nSPS) is 19.9. The molecule has 4 nitrogen and oxygen atoms in total. The Hall–Kier alpha value is -1.92. The van der Waals surface area contributed by atoms with Gasteiger partial charge in [-0.3, -0.25) is 0 Å². The zero-order chi connectivity index (χ0) is 13.3. The Morgan fingerprint density at radius 3 is 2.72 bits per heavy atom. The van der Waals surface area contributed by atoms with Crippen molar-refractivity contribution < 1.29 is 22.7 Å². The van der Waals surface area contributed by atoms with E-state index in [9.17, 15) is 18.0 Å². The molecule has 1 aromatic carbocycles. The second-order valence-electron chi connectivity index (χ2n) is 3.93. The fourth-order valence-corrected chi connectivity index (χ4v) is 1.85. The molecule has 2 rings (SSSR count). The first-order valence-electron chi connectivity index (χ1n) is 5.23. The molecule has 1 aliphatic rings. The van der Waals surface area contributed by atoms with Gasteiger partial charge in [-0.1, -0.05) is 12.1 Å². The summed E-state index contributed by atoms with van der Waals surface area (Å²) >= 11 is 0. The fourth-order valence-electron chi connectivity index (χ4n) is 1.85. The number of amides is 2. The molecule has 0 aliphatic carbocycles. The molecule has 98 valence electrons. The van der Waals surface area contributed by atoms with E-state index in [0.29, 0.717) is 12.1 Å². The molecule has 0 aromatic heterocycles. The Balaban J connectivity index is 2.20. The van der Waals surface area contributed by atoms with Gasteiger partial charge in [-0.2, -0.15) is 0 Å². The van der Waals surface area contributed by atoms with Gasteiger partial charge in [0.2, 0.25) is 0 Å². The van der Waals surface area contributed by atoms with Crippen molar-refractivity contribution in [2.75, 3.05) is 13.6 Å². The topological polar surface area (TPSA) is 41.6 Å². The highest BCUT2D eigenvalue weighted by Gasteiger charge is 2.32. The number of alkyl halides is 3. The first kappa shape index (κ1) is 12.5. The molecule has 0 saturated carbocycles. The molecule has 1 N–H and O–H groups in total. The van der Waals surface area contributed by atoms with Crippen molar-refractivity contribution in [2.45, 2.75) is 12.4 Å².